The molecule has 5 aromatic rings. The van der Waals surface area contributed by atoms with E-state index in [1.54, 1.807) is 34.7 Å². The number of nitrogens with zero attached hydrogens (tertiary/aromatic N) is 5. The van der Waals surface area contributed by atoms with Crippen LogP contribution >= 0.6 is 0 Å². The first kappa shape index (κ1) is 20.6. The average Bonchev–Trinajstić information content (AvgIpc) is 3.35. The summed E-state index contributed by atoms with van der Waals surface area (Å²) in [7, 11) is 1.77. The molecule has 8 heteroatoms. The molecule has 0 saturated carbocycles. The molecule has 0 spiro atoms. The minimum atomic E-state index is -0.312. The molecule has 33 heavy (non-hydrogen) atoms. The number of aryl methyl sites for hydroxylation is 2. The monoisotopic (exact) mass is 440 g/mol. The topological polar surface area (TPSA) is 77.6 Å². The number of hydrogen-bond acceptors (Lipinski definition) is 4. The van der Waals surface area contributed by atoms with Crippen LogP contribution in [0, 0.1) is 12.7 Å². The number of carbonyl (C=O) groups is 1. The number of pyridine rings is 1. The molecule has 164 valence electrons. The first-order chi connectivity index (χ1) is 16.0. The normalized spacial score (nSPS) is 11.1. The summed E-state index contributed by atoms with van der Waals surface area (Å²) in [5.74, 6) is -0.00260. The van der Waals surface area contributed by atoms with Gasteiger partial charge in [0.15, 0.2) is 5.65 Å². The molecule has 1 amide bonds. The van der Waals surface area contributed by atoms with Gasteiger partial charge in [-0.2, -0.15) is 10.2 Å². The van der Waals surface area contributed by atoms with Crippen molar-refractivity contribution in [1.29, 1.82) is 0 Å². The fourth-order valence-corrected chi connectivity index (χ4v) is 3.83. The van der Waals surface area contributed by atoms with Gasteiger partial charge in [0.1, 0.15) is 11.6 Å². The molecule has 0 radical (unpaired) electrons. The van der Waals surface area contributed by atoms with E-state index in [-0.39, 0.29) is 11.7 Å². The van der Waals surface area contributed by atoms with Crippen molar-refractivity contribution in [3.8, 4) is 11.3 Å². The second-order valence-electron chi connectivity index (χ2n) is 7.84. The van der Waals surface area contributed by atoms with Crippen LogP contribution in [0.25, 0.3) is 22.3 Å². The third-order valence-electron chi connectivity index (χ3n) is 5.39. The number of nitrogens with one attached hydrogen (secondary N) is 1. The van der Waals surface area contributed by atoms with Crippen LogP contribution < -0.4 is 5.32 Å². The fourth-order valence-electron chi connectivity index (χ4n) is 3.83. The molecule has 3 aromatic heterocycles. The number of carbonyl (C=O) groups excluding carboxylic acids is 1. The highest BCUT2D eigenvalue weighted by molar-refractivity contribution is 6.12. The Morgan fingerprint density at radius 3 is 2.61 bits per heavy atom. The molecule has 0 aliphatic carbocycles. The second kappa shape index (κ2) is 8.31. The second-order valence-corrected chi connectivity index (χ2v) is 7.84. The Bertz CT molecular complexity index is 1470. The van der Waals surface area contributed by atoms with Crippen LogP contribution in [-0.4, -0.2) is 30.5 Å². The predicted octanol–water partition coefficient (Wildman–Crippen LogP) is 4.58. The predicted molar refractivity (Wildman–Crippen MR) is 124 cm³/mol. The molecule has 1 N–H and O–H groups in total. The van der Waals surface area contributed by atoms with E-state index in [1.165, 1.54) is 12.1 Å². The number of halogens is 1. The molecule has 0 unspecified atom stereocenters. The van der Waals surface area contributed by atoms with Crippen molar-refractivity contribution < 1.29 is 9.18 Å². The number of hydrogen-bond donors (Lipinski definition) is 1. The lowest BCUT2D eigenvalue weighted by Gasteiger charge is -2.10. The van der Waals surface area contributed by atoms with Crippen molar-refractivity contribution >= 4 is 22.8 Å². The summed E-state index contributed by atoms with van der Waals surface area (Å²) in [6.45, 7) is 2.19. The van der Waals surface area contributed by atoms with Crippen LogP contribution in [0.15, 0.2) is 72.9 Å². The number of benzene rings is 2. The largest absolute Gasteiger partial charge is 0.307 e. The van der Waals surface area contributed by atoms with Crippen molar-refractivity contribution in [3.05, 3.63) is 95.6 Å². The lowest BCUT2D eigenvalue weighted by atomic mass is 10.1. The Morgan fingerprint density at radius 2 is 1.88 bits per heavy atom. The fraction of sp³-hybridized carbons (Fsp3) is 0.120. The van der Waals surface area contributed by atoms with Crippen molar-refractivity contribution in [2.45, 2.75) is 13.5 Å². The van der Waals surface area contributed by atoms with Gasteiger partial charge in [-0.25, -0.2) is 14.1 Å². The third kappa shape index (κ3) is 4.10. The molecule has 0 atom stereocenters. The summed E-state index contributed by atoms with van der Waals surface area (Å²) >= 11 is 0. The van der Waals surface area contributed by atoms with Gasteiger partial charge in [-0.3, -0.25) is 9.48 Å². The van der Waals surface area contributed by atoms with Gasteiger partial charge in [0.2, 0.25) is 0 Å². The number of anilines is 1. The van der Waals surface area contributed by atoms with E-state index >= 15 is 0 Å². The molecule has 5 rings (SSSR count). The summed E-state index contributed by atoms with van der Waals surface area (Å²) in [5, 5.41) is 12.3. The van der Waals surface area contributed by atoms with E-state index in [0.29, 0.717) is 34.7 Å². The van der Waals surface area contributed by atoms with Crippen LogP contribution in [0.2, 0.25) is 0 Å². The zero-order valence-electron chi connectivity index (χ0n) is 18.2. The van der Waals surface area contributed by atoms with Crippen LogP contribution in [0.3, 0.4) is 0 Å². The van der Waals surface area contributed by atoms with Crippen LogP contribution in [-0.2, 0) is 13.6 Å². The summed E-state index contributed by atoms with van der Waals surface area (Å²) in [5.41, 5.74) is 4.08. The lowest BCUT2D eigenvalue weighted by molar-refractivity contribution is 0.102. The van der Waals surface area contributed by atoms with Gasteiger partial charge in [-0.05, 0) is 30.7 Å². The van der Waals surface area contributed by atoms with Gasteiger partial charge in [0.05, 0.1) is 35.1 Å². The molecule has 0 bridgehead atoms. The van der Waals surface area contributed by atoms with E-state index in [4.69, 9.17) is 4.98 Å². The Balaban J connectivity index is 1.62. The van der Waals surface area contributed by atoms with E-state index in [2.05, 4.69) is 15.5 Å². The van der Waals surface area contributed by atoms with Crippen molar-refractivity contribution in [3.63, 3.8) is 0 Å². The van der Waals surface area contributed by atoms with Crippen LogP contribution in [0.4, 0.5) is 10.2 Å². The van der Waals surface area contributed by atoms with E-state index in [9.17, 15) is 9.18 Å². The Kier molecular flexibility index (Phi) is 5.18. The SMILES string of the molecule is Cc1cc(NC(=O)c2cc(-c3ccccc3)nc3c2cnn3Cc2cccc(F)c2)n(C)n1. The van der Waals surface area contributed by atoms with Crippen molar-refractivity contribution in [2.75, 3.05) is 5.32 Å². The van der Waals surface area contributed by atoms with Gasteiger partial charge in [-0.1, -0.05) is 42.5 Å². The minimum absolute atomic E-state index is 0.284. The third-order valence-corrected chi connectivity index (χ3v) is 5.39. The van der Waals surface area contributed by atoms with Gasteiger partial charge >= 0.3 is 0 Å². The molecule has 0 fully saturated rings. The number of amides is 1. The highest BCUT2D eigenvalue weighted by Crippen LogP contribution is 2.26. The van der Waals surface area contributed by atoms with E-state index in [1.807, 2.05) is 49.4 Å². The molecule has 2 aromatic carbocycles. The highest BCUT2D eigenvalue weighted by Gasteiger charge is 2.19. The first-order valence-electron chi connectivity index (χ1n) is 10.5. The van der Waals surface area contributed by atoms with Gasteiger partial charge in [-0.15, -0.1) is 0 Å². The lowest BCUT2D eigenvalue weighted by Crippen LogP contribution is -2.15. The maximum Gasteiger partial charge on any atom is 0.257 e. The van der Waals surface area contributed by atoms with Crippen LogP contribution in [0.1, 0.15) is 21.6 Å². The molecular weight excluding hydrogens is 419 g/mol. The zero-order valence-corrected chi connectivity index (χ0v) is 18.2. The maximum atomic E-state index is 13.7. The Hall–Kier alpha value is -4.33. The van der Waals surface area contributed by atoms with E-state index in [0.717, 1.165) is 16.8 Å². The van der Waals surface area contributed by atoms with Gasteiger partial charge in [0, 0.05) is 18.7 Å². The van der Waals surface area contributed by atoms with Crippen molar-refractivity contribution in [1.82, 2.24) is 24.5 Å². The number of aromatic nitrogens is 5. The molecular formula is C25H21FN6O. The van der Waals surface area contributed by atoms with E-state index < -0.39 is 0 Å². The standard InChI is InChI=1S/C25H21FN6O/c1-16-11-23(31(2)30-16)29-25(33)20-13-22(18-8-4-3-5-9-18)28-24-21(20)14-27-32(24)15-17-7-6-10-19(26)12-17/h3-14H,15H2,1-2H3,(H,29,33). The highest BCUT2D eigenvalue weighted by atomic mass is 19.1. The molecule has 3 heterocycles. The summed E-state index contributed by atoms with van der Waals surface area (Å²) in [6.07, 6.45) is 1.62. The first-order valence-corrected chi connectivity index (χ1v) is 10.5. The smallest absolute Gasteiger partial charge is 0.257 e. The molecule has 0 aliphatic rings. The summed E-state index contributed by atoms with van der Waals surface area (Å²) in [4.78, 5) is 18.1. The Labute approximate surface area is 189 Å². The van der Waals surface area contributed by atoms with Gasteiger partial charge in [0.25, 0.3) is 5.91 Å². The quantitative estimate of drug-likeness (QED) is 0.434. The van der Waals surface area contributed by atoms with Crippen LogP contribution in [0.5, 0.6) is 0 Å². The average molecular weight is 440 g/mol. The summed E-state index contributed by atoms with van der Waals surface area (Å²) in [6, 6.07) is 19.6. The molecule has 0 aliphatic heterocycles. The maximum absolute atomic E-state index is 13.7. The molecule has 0 saturated heterocycles. The summed E-state index contributed by atoms with van der Waals surface area (Å²) < 4.78 is 17.0. The minimum Gasteiger partial charge on any atom is -0.307 e. The van der Waals surface area contributed by atoms with Gasteiger partial charge < -0.3 is 5.32 Å². The van der Waals surface area contributed by atoms with Crippen molar-refractivity contribution in [2.24, 2.45) is 7.05 Å². The Morgan fingerprint density at radius 1 is 1.06 bits per heavy atom. The number of rotatable bonds is 5. The zero-order chi connectivity index (χ0) is 22.9. The molecule has 7 nitrogen and oxygen atoms in total. The number of fused-ring (bicyclic) bond motifs is 1.